The molecule has 166 valence electrons. The molecule has 2 aromatic carbocycles. The lowest BCUT2D eigenvalue weighted by atomic mass is 10.0. The van der Waals surface area contributed by atoms with Gasteiger partial charge in [0, 0.05) is 13.0 Å². The van der Waals surface area contributed by atoms with Crippen LogP contribution in [0, 0.1) is 0 Å². The fraction of sp³-hybridized carbons (Fsp3) is 0.375. The molecule has 0 bridgehead atoms. The Morgan fingerprint density at radius 2 is 2.06 bits per heavy atom. The average molecular weight is 427 g/mol. The molecule has 0 aromatic heterocycles. The number of fused-ring (bicyclic) bond motifs is 1. The maximum Gasteiger partial charge on any atom is 0.404 e. The molecule has 4 N–H and O–H groups in total. The smallest absolute Gasteiger partial charge is 0.404 e. The minimum Gasteiger partial charge on any atom is -0.497 e. The highest BCUT2D eigenvalue weighted by Gasteiger charge is 2.34. The minimum absolute atomic E-state index is 0.118. The van der Waals surface area contributed by atoms with Crippen LogP contribution in [0.1, 0.15) is 22.7 Å². The van der Waals surface area contributed by atoms with E-state index in [1.807, 2.05) is 48.5 Å². The molecule has 31 heavy (non-hydrogen) atoms. The van der Waals surface area contributed by atoms with Crippen LogP contribution < -0.4 is 15.4 Å². The van der Waals surface area contributed by atoms with E-state index >= 15 is 0 Å². The standard InChI is InChI=1S/C24H30N2O5/c1-3-11-31-22-13-17-9-10-18(30-2)14-19(17)23(22)25-15-21(27)20(26-24(28)29)12-16-7-5-4-6-8-16/h3-10,14,20-23,25-27H,1,11-13,15H2,2H3,(H,28,29)/t20-,21-,22+,23+/m0/s1. The Morgan fingerprint density at radius 3 is 2.74 bits per heavy atom. The van der Waals surface area contributed by atoms with Gasteiger partial charge in [0.15, 0.2) is 0 Å². The molecule has 3 rings (SSSR count). The van der Waals surface area contributed by atoms with Crippen molar-refractivity contribution in [1.29, 1.82) is 0 Å². The molecule has 0 spiro atoms. The molecule has 0 unspecified atom stereocenters. The van der Waals surface area contributed by atoms with Crippen molar-refractivity contribution in [3.05, 3.63) is 77.9 Å². The predicted molar refractivity (Wildman–Crippen MR) is 118 cm³/mol. The zero-order valence-corrected chi connectivity index (χ0v) is 17.7. The molecule has 2 aromatic rings. The molecule has 0 heterocycles. The summed E-state index contributed by atoms with van der Waals surface area (Å²) in [5.74, 6) is 0.755. The Balaban J connectivity index is 1.72. The lowest BCUT2D eigenvalue weighted by molar-refractivity contribution is 0.0457. The number of carbonyl (C=O) groups is 1. The van der Waals surface area contributed by atoms with Crippen molar-refractivity contribution in [3.8, 4) is 5.75 Å². The monoisotopic (exact) mass is 426 g/mol. The van der Waals surface area contributed by atoms with Gasteiger partial charge in [0.25, 0.3) is 0 Å². The van der Waals surface area contributed by atoms with E-state index in [0.717, 1.165) is 28.9 Å². The first kappa shape index (κ1) is 22.8. The van der Waals surface area contributed by atoms with Crippen LogP contribution in [-0.4, -0.2) is 54.8 Å². The average Bonchev–Trinajstić information content (AvgIpc) is 3.12. The van der Waals surface area contributed by atoms with Crippen molar-refractivity contribution in [2.24, 2.45) is 0 Å². The SMILES string of the molecule is C=CCO[C@@H]1Cc2ccc(OC)cc2[C@H]1NC[C@H](O)[C@H](Cc1ccccc1)NC(=O)O. The number of aliphatic hydroxyl groups is 1. The van der Waals surface area contributed by atoms with E-state index in [1.54, 1.807) is 13.2 Å². The number of carboxylic acid groups (broad SMARTS) is 1. The van der Waals surface area contributed by atoms with Crippen LogP contribution in [0.5, 0.6) is 5.75 Å². The molecule has 0 aliphatic heterocycles. The van der Waals surface area contributed by atoms with Crippen LogP contribution in [-0.2, 0) is 17.6 Å². The number of hydrogen-bond acceptors (Lipinski definition) is 5. The summed E-state index contributed by atoms with van der Waals surface area (Å²) in [7, 11) is 1.63. The summed E-state index contributed by atoms with van der Waals surface area (Å²) in [6, 6.07) is 14.6. The lowest BCUT2D eigenvalue weighted by Crippen LogP contribution is -2.49. The third kappa shape index (κ3) is 6.07. The fourth-order valence-electron chi connectivity index (χ4n) is 4.00. The Hall–Kier alpha value is -2.87. The van der Waals surface area contributed by atoms with Gasteiger partial charge in [0.2, 0.25) is 0 Å². The van der Waals surface area contributed by atoms with Crippen molar-refractivity contribution < 1.29 is 24.5 Å². The number of amides is 1. The summed E-state index contributed by atoms with van der Waals surface area (Å²) in [4.78, 5) is 11.3. The molecule has 0 radical (unpaired) electrons. The van der Waals surface area contributed by atoms with Crippen LogP contribution in [0.3, 0.4) is 0 Å². The Bertz CT molecular complexity index is 874. The number of rotatable bonds is 11. The van der Waals surface area contributed by atoms with Gasteiger partial charge >= 0.3 is 6.09 Å². The van der Waals surface area contributed by atoms with E-state index in [4.69, 9.17) is 9.47 Å². The molecule has 1 amide bonds. The highest BCUT2D eigenvalue weighted by atomic mass is 16.5. The fourth-order valence-corrected chi connectivity index (χ4v) is 4.00. The van der Waals surface area contributed by atoms with Gasteiger partial charge in [-0.05, 0) is 35.2 Å². The maximum atomic E-state index is 11.3. The first-order valence-electron chi connectivity index (χ1n) is 10.4. The van der Waals surface area contributed by atoms with Gasteiger partial charge in [-0.1, -0.05) is 42.5 Å². The third-order valence-corrected chi connectivity index (χ3v) is 5.53. The van der Waals surface area contributed by atoms with Gasteiger partial charge in [-0.15, -0.1) is 6.58 Å². The molecule has 1 aliphatic rings. The Labute approximate surface area is 182 Å². The van der Waals surface area contributed by atoms with Crippen LogP contribution in [0.15, 0.2) is 61.2 Å². The first-order chi connectivity index (χ1) is 15.0. The Kier molecular flexibility index (Phi) is 8.06. The highest BCUT2D eigenvalue weighted by Crippen LogP contribution is 2.35. The van der Waals surface area contributed by atoms with E-state index in [9.17, 15) is 15.0 Å². The zero-order chi connectivity index (χ0) is 22.2. The van der Waals surface area contributed by atoms with Crippen molar-refractivity contribution >= 4 is 6.09 Å². The van der Waals surface area contributed by atoms with E-state index in [1.165, 1.54) is 0 Å². The highest BCUT2D eigenvalue weighted by molar-refractivity contribution is 5.65. The minimum atomic E-state index is -1.16. The third-order valence-electron chi connectivity index (χ3n) is 5.53. The van der Waals surface area contributed by atoms with E-state index in [-0.39, 0.29) is 18.7 Å². The second-order valence-corrected chi connectivity index (χ2v) is 7.63. The molecule has 0 saturated heterocycles. The molecule has 0 fully saturated rings. The van der Waals surface area contributed by atoms with Crippen molar-refractivity contribution in [2.75, 3.05) is 20.3 Å². The van der Waals surface area contributed by atoms with Crippen molar-refractivity contribution in [1.82, 2.24) is 10.6 Å². The topological polar surface area (TPSA) is 100 Å². The van der Waals surface area contributed by atoms with Crippen LogP contribution in [0.2, 0.25) is 0 Å². The predicted octanol–water partition coefficient (Wildman–Crippen LogP) is 2.69. The molecular formula is C24H30N2O5. The van der Waals surface area contributed by atoms with Gasteiger partial charge in [0.1, 0.15) is 5.75 Å². The first-order valence-corrected chi connectivity index (χ1v) is 10.4. The van der Waals surface area contributed by atoms with Gasteiger partial charge in [-0.2, -0.15) is 0 Å². The van der Waals surface area contributed by atoms with Crippen LogP contribution >= 0.6 is 0 Å². The number of aliphatic hydroxyl groups excluding tert-OH is 1. The molecule has 1 aliphatic carbocycles. The number of ether oxygens (including phenoxy) is 2. The van der Waals surface area contributed by atoms with Crippen molar-refractivity contribution in [3.63, 3.8) is 0 Å². The van der Waals surface area contributed by atoms with Gasteiger partial charge in [0.05, 0.1) is 38.0 Å². The number of benzene rings is 2. The number of hydrogen-bond donors (Lipinski definition) is 4. The summed E-state index contributed by atoms with van der Waals surface area (Å²) >= 11 is 0. The van der Waals surface area contributed by atoms with Crippen LogP contribution in [0.4, 0.5) is 4.79 Å². The summed E-state index contributed by atoms with van der Waals surface area (Å²) in [5.41, 5.74) is 3.17. The Morgan fingerprint density at radius 1 is 1.29 bits per heavy atom. The number of methoxy groups -OCH3 is 1. The van der Waals surface area contributed by atoms with E-state index in [0.29, 0.717) is 13.0 Å². The second-order valence-electron chi connectivity index (χ2n) is 7.63. The molecule has 0 saturated carbocycles. The summed E-state index contributed by atoms with van der Waals surface area (Å²) in [6.45, 7) is 4.34. The summed E-state index contributed by atoms with van der Waals surface area (Å²) < 4.78 is 11.3. The molecule has 4 atom stereocenters. The van der Waals surface area contributed by atoms with Gasteiger partial charge in [-0.25, -0.2) is 4.79 Å². The van der Waals surface area contributed by atoms with E-state index < -0.39 is 18.2 Å². The molecular weight excluding hydrogens is 396 g/mol. The van der Waals surface area contributed by atoms with Gasteiger partial charge < -0.3 is 30.3 Å². The van der Waals surface area contributed by atoms with Crippen molar-refractivity contribution in [2.45, 2.75) is 37.1 Å². The zero-order valence-electron chi connectivity index (χ0n) is 17.7. The molecule has 7 heteroatoms. The maximum absolute atomic E-state index is 11.3. The van der Waals surface area contributed by atoms with Gasteiger partial charge in [-0.3, -0.25) is 0 Å². The second kappa shape index (κ2) is 10.9. The largest absolute Gasteiger partial charge is 0.497 e. The normalized spacial score (nSPS) is 19.3. The van der Waals surface area contributed by atoms with E-state index in [2.05, 4.69) is 17.2 Å². The summed E-state index contributed by atoms with van der Waals surface area (Å²) in [6.07, 6.45) is 0.632. The number of nitrogens with one attached hydrogen (secondary N) is 2. The summed E-state index contributed by atoms with van der Waals surface area (Å²) in [5, 5.41) is 25.9. The lowest BCUT2D eigenvalue weighted by Gasteiger charge is -2.27. The quantitative estimate of drug-likeness (QED) is 0.412. The van der Waals surface area contributed by atoms with Crippen LogP contribution in [0.25, 0.3) is 0 Å². The molecule has 7 nitrogen and oxygen atoms in total.